The summed E-state index contributed by atoms with van der Waals surface area (Å²) in [5.41, 5.74) is 1.81. The lowest BCUT2D eigenvalue weighted by Gasteiger charge is -2.24. The molecule has 2 N–H and O–H groups in total. The Morgan fingerprint density at radius 3 is 2.42 bits per heavy atom. The third-order valence-electron chi connectivity index (χ3n) is 4.53. The number of rotatable bonds is 9. The van der Waals surface area contributed by atoms with Gasteiger partial charge in [0.1, 0.15) is 11.3 Å². The summed E-state index contributed by atoms with van der Waals surface area (Å²) in [5, 5.41) is 8.94. The van der Waals surface area contributed by atoms with Crippen LogP contribution in [0.15, 0.2) is 29.1 Å². The van der Waals surface area contributed by atoms with Gasteiger partial charge in [-0.25, -0.2) is 9.59 Å². The molecule has 2 aromatic rings. The van der Waals surface area contributed by atoms with E-state index >= 15 is 0 Å². The van der Waals surface area contributed by atoms with Crippen molar-refractivity contribution in [3.8, 4) is 0 Å². The molecule has 0 aliphatic carbocycles. The Morgan fingerprint density at radius 2 is 1.85 bits per heavy atom. The molecule has 0 fully saturated rings. The topological polar surface area (TPSA) is 104 Å². The van der Waals surface area contributed by atoms with Crippen molar-refractivity contribution in [2.24, 2.45) is 0 Å². The van der Waals surface area contributed by atoms with Gasteiger partial charge in [-0.2, -0.15) is 0 Å². The Kier molecular flexibility index (Phi) is 9.36. The van der Waals surface area contributed by atoms with Gasteiger partial charge in [0.05, 0.1) is 5.69 Å². The number of nitrogens with one attached hydrogen (secondary N) is 2. The number of amides is 3. The van der Waals surface area contributed by atoms with Crippen LogP contribution in [0.2, 0.25) is 0 Å². The molecule has 2 heterocycles. The first-order chi connectivity index (χ1) is 15.5. The number of hydrogen-bond donors (Lipinski definition) is 2. The van der Waals surface area contributed by atoms with Crippen LogP contribution in [0.4, 0.5) is 15.3 Å². The van der Waals surface area contributed by atoms with Crippen molar-refractivity contribution in [1.29, 1.82) is 0 Å². The Bertz CT molecular complexity index is 951. The molecule has 0 aromatic carbocycles. The number of ketones is 1. The number of pyridine rings is 1. The van der Waals surface area contributed by atoms with Gasteiger partial charge in [0.2, 0.25) is 0 Å². The summed E-state index contributed by atoms with van der Waals surface area (Å²) < 4.78 is 5.28. The highest BCUT2D eigenvalue weighted by atomic mass is 32.1. The van der Waals surface area contributed by atoms with Crippen LogP contribution in [-0.4, -0.2) is 72.5 Å². The fourth-order valence-corrected chi connectivity index (χ4v) is 3.67. The highest BCUT2D eigenvalue weighted by Gasteiger charge is 2.19. The molecule has 10 heteroatoms. The monoisotopic (exact) mass is 475 g/mol. The lowest BCUT2D eigenvalue weighted by Crippen LogP contribution is -2.41. The van der Waals surface area contributed by atoms with Gasteiger partial charge in [-0.1, -0.05) is 6.07 Å². The van der Waals surface area contributed by atoms with Crippen molar-refractivity contribution in [3.05, 3.63) is 45.9 Å². The molecule has 0 saturated heterocycles. The molecule has 2 rings (SSSR count). The van der Waals surface area contributed by atoms with Crippen LogP contribution < -0.4 is 10.6 Å². The molecule has 0 atom stereocenters. The molecule has 3 amide bonds. The van der Waals surface area contributed by atoms with E-state index in [4.69, 9.17) is 4.74 Å². The Labute approximate surface area is 199 Å². The highest BCUT2D eigenvalue weighted by Crippen LogP contribution is 2.23. The summed E-state index contributed by atoms with van der Waals surface area (Å²) in [7, 11) is 5.50. The third kappa shape index (κ3) is 8.82. The average Bonchev–Trinajstić information content (AvgIpc) is 3.15. The summed E-state index contributed by atoms with van der Waals surface area (Å²) in [6.07, 6.45) is 1.16. The standard InChI is InChI=1S/C23H33N5O4S/c1-23(2,3)32-22(31)26-19-15-33-14-17(19)11-20(29)18-8-7-16(12-25-18)13-28(21(30)24-4)10-9-27(5)6/h7-8,12,14-15H,9-11,13H2,1-6H3,(H,24,30)(H,26,31). The number of carbonyl (C=O) groups is 3. The number of nitrogens with zero attached hydrogens (tertiary/aromatic N) is 3. The summed E-state index contributed by atoms with van der Waals surface area (Å²) >= 11 is 1.39. The first kappa shape index (κ1) is 26.3. The first-order valence-corrected chi connectivity index (χ1v) is 11.6. The zero-order valence-electron chi connectivity index (χ0n) is 20.1. The van der Waals surface area contributed by atoms with Crippen LogP contribution >= 0.6 is 11.3 Å². The van der Waals surface area contributed by atoms with E-state index in [2.05, 4.69) is 15.6 Å². The Balaban J connectivity index is 2.01. The summed E-state index contributed by atoms with van der Waals surface area (Å²) in [4.78, 5) is 45.0. The Hall–Kier alpha value is -2.98. The number of aromatic nitrogens is 1. The van der Waals surface area contributed by atoms with E-state index in [0.29, 0.717) is 30.0 Å². The van der Waals surface area contributed by atoms with E-state index < -0.39 is 11.7 Å². The average molecular weight is 476 g/mol. The second-order valence-electron chi connectivity index (χ2n) is 8.87. The van der Waals surface area contributed by atoms with Gasteiger partial charge >= 0.3 is 12.1 Å². The maximum atomic E-state index is 12.8. The summed E-state index contributed by atoms with van der Waals surface area (Å²) in [5.74, 6) is -0.164. The quantitative estimate of drug-likeness (QED) is 0.537. The molecular weight excluding hydrogens is 442 g/mol. The maximum absolute atomic E-state index is 12.8. The predicted molar refractivity (Wildman–Crippen MR) is 130 cm³/mol. The second kappa shape index (κ2) is 11.8. The molecule has 0 radical (unpaired) electrons. The van der Waals surface area contributed by atoms with Crippen molar-refractivity contribution in [3.63, 3.8) is 0 Å². The van der Waals surface area contributed by atoms with E-state index in [-0.39, 0.29) is 18.2 Å². The number of likely N-dealkylation sites (N-methyl/N-ethyl adjacent to an activating group) is 1. The van der Waals surface area contributed by atoms with E-state index in [1.165, 1.54) is 11.3 Å². The first-order valence-electron chi connectivity index (χ1n) is 10.6. The fraction of sp³-hybridized carbons (Fsp3) is 0.478. The normalized spacial score (nSPS) is 11.2. The van der Waals surface area contributed by atoms with Crippen LogP contribution in [0.1, 0.15) is 42.4 Å². The highest BCUT2D eigenvalue weighted by molar-refractivity contribution is 7.08. The molecule has 2 aromatic heterocycles. The lowest BCUT2D eigenvalue weighted by molar-refractivity contribution is 0.0635. The van der Waals surface area contributed by atoms with Crippen LogP contribution in [-0.2, 0) is 17.7 Å². The van der Waals surface area contributed by atoms with Crippen molar-refractivity contribution in [2.75, 3.05) is 39.5 Å². The molecule has 0 bridgehead atoms. The van der Waals surface area contributed by atoms with Crippen LogP contribution in [0.3, 0.4) is 0 Å². The van der Waals surface area contributed by atoms with E-state index in [0.717, 1.165) is 12.1 Å². The van der Waals surface area contributed by atoms with Gasteiger partial charge in [-0.3, -0.25) is 15.1 Å². The zero-order chi connectivity index (χ0) is 24.6. The smallest absolute Gasteiger partial charge is 0.412 e. The molecule has 9 nitrogen and oxygen atoms in total. The number of ether oxygens (including phenoxy) is 1. The van der Waals surface area contributed by atoms with Crippen molar-refractivity contribution in [1.82, 2.24) is 20.1 Å². The van der Waals surface area contributed by atoms with Crippen LogP contribution in [0, 0.1) is 0 Å². The van der Waals surface area contributed by atoms with Crippen molar-refractivity contribution < 1.29 is 19.1 Å². The minimum atomic E-state index is -0.610. The van der Waals surface area contributed by atoms with Gasteiger partial charge in [-0.15, -0.1) is 11.3 Å². The molecule has 0 unspecified atom stereocenters. The number of thiophene rings is 1. The molecule has 0 aliphatic rings. The van der Waals surface area contributed by atoms with Crippen LogP contribution in [0.5, 0.6) is 0 Å². The predicted octanol–water partition coefficient (Wildman–Crippen LogP) is 3.62. The molecule has 0 spiro atoms. The second-order valence-corrected chi connectivity index (χ2v) is 9.61. The van der Waals surface area contributed by atoms with Crippen LogP contribution in [0.25, 0.3) is 0 Å². The molecule has 33 heavy (non-hydrogen) atoms. The lowest BCUT2D eigenvalue weighted by atomic mass is 10.1. The van der Waals surface area contributed by atoms with Gasteiger partial charge in [-0.05, 0) is 57.4 Å². The van der Waals surface area contributed by atoms with E-state index in [1.807, 2.05) is 24.4 Å². The number of Topliss-reactive ketones (excluding diaryl/α,β-unsaturated/α-hetero) is 1. The number of anilines is 1. The summed E-state index contributed by atoms with van der Waals surface area (Å²) in [6, 6.07) is 3.30. The summed E-state index contributed by atoms with van der Waals surface area (Å²) in [6.45, 7) is 7.06. The Morgan fingerprint density at radius 1 is 1.12 bits per heavy atom. The van der Waals surface area contributed by atoms with Gasteiger partial charge in [0.15, 0.2) is 5.78 Å². The number of urea groups is 1. The minimum absolute atomic E-state index is 0.105. The van der Waals surface area contributed by atoms with Gasteiger partial charge in [0.25, 0.3) is 0 Å². The molecule has 180 valence electrons. The maximum Gasteiger partial charge on any atom is 0.412 e. The largest absolute Gasteiger partial charge is 0.444 e. The van der Waals surface area contributed by atoms with E-state index in [1.54, 1.807) is 56.4 Å². The SMILES string of the molecule is CNC(=O)N(CCN(C)C)Cc1ccc(C(=O)Cc2cscc2NC(=O)OC(C)(C)C)nc1. The minimum Gasteiger partial charge on any atom is -0.444 e. The van der Waals surface area contributed by atoms with Crippen molar-refractivity contribution >= 4 is 34.9 Å². The molecule has 0 saturated carbocycles. The van der Waals surface area contributed by atoms with Gasteiger partial charge in [0, 0.05) is 44.7 Å². The fourth-order valence-electron chi connectivity index (χ4n) is 2.88. The zero-order valence-corrected chi connectivity index (χ0v) is 20.9. The van der Waals surface area contributed by atoms with Crippen molar-refractivity contribution in [2.45, 2.75) is 39.3 Å². The number of carbonyl (C=O) groups excluding carboxylic acids is 3. The van der Waals surface area contributed by atoms with E-state index in [9.17, 15) is 14.4 Å². The number of hydrogen-bond acceptors (Lipinski definition) is 7. The third-order valence-corrected chi connectivity index (χ3v) is 5.32. The van der Waals surface area contributed by atoms with Gasteiger partial charge < -0.3 is 19.9 Å². The molecule has 0 aliphatic heterocycles. The molecular formula is C23H33N5O4S.